The van der Waals surface area contributed by atoms with Crippen molar-refractivity contribution in [1.29, 1.82) is 0 Å². The van der Waals surface area contributed by atoms with Crippen molar-refractivity contribution in [3.05, 3.63) is 65.2 Å². The molecule has 0 bridgehead atoms. The highest BCUT2D eigenvalue weighted by Crippen LogP contribution is 2.34. The van der Waals surface area contributed by atoms with Crippen molar-refractivity contribution in [2.75, 3.05) is 40.3 Å². The van der Waals surface area contributed by atoms with Gasteiger partial charge in [-0.2, -0.15) is 0 Å². The fourth-order valence-electron chi connectivity index (χ4n) is 4.54. The van der Waals surface area contributed by atoms with E-state index in [4.69, 9.17) is 4.74 Å². The second kappa shape index (κ2) is 9.31. The number of benzene rings is 2. The van der Waals surface area contributed by atoms with Crippen LogP contribution in [0.4, 0.5) is 0 Å². The molecule has 5 heteroatoms. The third-order valence-electron chi connectivity index (χ3n) is 6.22. The third kappa shape index (κ3) is 4.56. The first-order valence-corrected chi connectivity index (χ1v) is 10.7. The summed E-state index contributed by atoms with van der Waals surface area (Å²) in [5, 5.41) is 7.09. The molecule has 2 aliphatic rings. The number of methoxy groups -OCH3 is 1. The number of guanidine groups is 1. The number of aliphatic imine (C=N–C) groups is 1. The maximum absolute atomic E-state index is 5.45. The molecule has 154 valence electrons. The zero-order chi connectivity index (χ0) is 20.1. The SMILES string of the molecule is CN=C(NCC1Cc2ccccc21)NCC(c1cccc(OC)c1)N1CCCC1. The zero-order valence-electron chi connectivity index (χ0n) is 17.5. The Morgan fingerprint density at radius 2 is 1.97 bits per heavy atom. The van der Waals surface area contributed by atoms with Crippen molar-refractivity contribution in [3.8, 4) is 5.75 Å². The van der Waals surface area contributed by atoms with Gasteiger partial charge in [-0.1, -0.05) is 36.4 Å². The largest absolute Gasteiger partial charge is 0.497 e. The number of hydrogen-bond acceptors (Lipinski definition) is 3. The van der Waals surface area contributed by atoms with Crippen LogP contribution in [-0.2, 0) is 6.42 Å². The summed E-state index contributed by atoms with van der Waals surface area (Å²) in [5.41, 5.74) is 4.25. The van der Waals surface area contributed by atoms with Gasteiger partial charge in [-0.05, 0) is 61.2 Å². The Morgan fingerprint density at radius 1 is 1.14 bits per heavy atom. The van der Waals surface area contributed by atoms with Gasteiger partial charge in [0.1, 0.15) is 5.75 Å². The summed E-state index contributed by atoms with van der Waals surface area (Å²) in [6, 6.07) is 17.5. The summed E-state index contributed by atoms with van der Waals surface area (Å²) in [5.74, 6) is 2.37. The lowest BCUT2D eigenvalue weighted by Crippen LogP contribution is -2.44. The van der Waals surface area contributed by atoms with Crippen LogP contribution in [0.15, 0.2) is 53.5 Å². The molecule has 1 fully saturated rings. The molecule has 1 saturated heterocycles. The van der Waals surface area contributed by atoms with Crippen molar-refractivity contribution in [3.63, 3.8) is 0 Å². The fourth-order valence-corrected chi connectivity index (χ4v) is 4.54. The summed E-state index contributed by atoms with van der Waals surface area (Å²) >= 11 is 0. The number of ether oxygens (including phenoxy) is 1. The zero-order valence-corrected chi connectivity index (χ0v) is 17.5. The highest BCUT2D eigenvalue weighted by atomic mass is 16.5. The van der Waals surface area contributed by atoms with E-state index in [0.29, 0.717) is 12.0 Å². The van der Waals surface area contributed by atoms with Gasteiger partial charge in [-0.25, -0.2) is 0 Å². The number of nitrogens with one attached hydrogen (secondary N) is 2. The Bertz CT molecular complexity index is 844. The summed E-state index contributed by atoms with van der Waals surface area (Å²) in [6.45, 7) is 4.04. The molecule has 1 aliphatic carbocycles. The normalized spacial score (nSPS) is 19.9. The van der Waals surface area contributed by atoms with Crippen LogP contribution in [0.3, 0.4) is 0 Å². The molecular weight excluding hydrogens is 360 g/mol. The molecule has 2 unspecified atom stereocenters. The predicted molar refractivity (Wildman–Crippen MR) is 119 cm³/mol. The van der Waals surface area contributed by atoms with E-state index in [1.807, 2.05) is 13.1 Å². The lowest BCUT2D eigenvalue weighted by atomic mass is 9.78. The molecule has 2 atom stereocenters. The number of rotatable bonds is 7. The fraction of sp³-hybridized carbons (Fsp3) is 0.458. The summed E-state index contributed by atoms with van der Waals surface area (Å²) in [7, 11) is 3.58. The average Bonchev–Trinajstić information content (AvgIpc) is 3.27. The van der Waals surface area contributed by atoms with Crippen LogP contribution in [0, 0.1) is 0 Å². The first kappa shape index (κ1) is 19.8. The number of likely N-dealkylation sites (tertiary alicyclic amines) is 1. The molecule has 0 radical (unpaired) electrons. The van der Waals surface area contributed by atoms with E-state index in [0.717, 1.165) is 44.3 Å². The van der Waals surface area contributed by atoms with Gasteiger partial charge in [0.2, 0.25) is 0 Å². The van der Waals surface area contributed by atoms with Crippen molar-refractivity contribution < 1.29 is 4.74 Å². The monoisotopic (exact) mass is 392 g/mol. The standard InChI is InChI=1S/C24H32N4O/c1-25-24(26-16-20-14-18-8-3-4-11-22(18)20)27-17-23(28-12-5-6-13-28)19-9-7-10-21(15-19)29-2/h3-4,7-11,15,20,23H,5-6,12-14,16-17H2,1-2H3,(H2,25,26,27). The topological polar surface area (TPSA) is 48.9 Å². The van der Waals surface area contributed by atoms with E-state index in [9.17, 15) is 0 Å². The number of nitrogens with zero attached hydrogens (tertiary/aromatic N) is 2. The Balaban J connectivity index is 1.37. The van der Waals surface area contributed by atoms with E-state index >= 15 is 0 Å². The molecule has 0 aromatic heterocycles. The third-order valence-corrected chi connectivity index (χ3v) is 6.22. The maximum Gasteiger partial charge on any atom is 0.191 e. The predicted octanol–water partition coefficient (Wildman–Crippen LogP) is 3.34. The van der Waals surface area contributed by atoms with E-state index < -0.39 is 0 Å². The van der Waals surface area contributed by atoms with Crippen LogP contribution in [0.1, 0.15) is 41.5 Å². The van der Waals surface area contributed by atoms with Crippen LogP contribution in [0.2, 0.25) is 0 Å². The summed E-state index contributed by atoms with van der Waals surface area (Å²) in [6.07, 6.45) is 3.70. The smallest absolute Gasteiger partial charge is 0.191 e. The number of fused-ring (bicyclic) bond motifs is 1. The molecule has 0 spiro atoms. The molecule has 0 amide bonds. The second-order valence-corrected chi connectivity index (χ2v) is 7.97. The van der Waals surface area contributed by atoms with Crippen molar-refractivity contribution in [2.24, 2.45) is 4.99 Å². The Kier molecular flexibility index (Phi) is 6.35. The van der Waals surface area contributed by atoms with Gasteiger partial charge in [0.05, 0.1) is 13.2 Å². The van der Waals surface area contributed by atoms with Gasteiger partial charge in [0, 0.05) is 26.1 Å². The van der Waals surface area contributed by atoms with Crippen LogP contribution in [0.25, 0.3) is 0 Å². The Hall–Kier alpha value is -2.53. The van der Waals surface area contributed by atoms with Gasteiger partial charge in [-0.3, -0.25) is 9.89 Å². The van der Waals surface area contributed by atoms with Gasteiger partial charge in [-0.15, -0.1) is 0 Å². The highest BCUT2D eigenvalue weighted by molar-refractivity contribution is 5.79. The quantitative estimate of drug-likeness (QED) is 0.561. The molecule has 0 saturated carbocycles. The molecule has 2 N–H and O–H groups in total. The average molecular weight is 393 g/mol. The molecule has 2 aromatic rings. The van der Waals surface area contributed by atoms with Gasteiger partial charge >= 0.3 is 0 Å². The molecular formula is C24H32N4O. The lowest BCUT2D eigenvalue weighted by Gasteiger charge is -2.31. The van der Waals surface area contributed by atoms with Crippen LogP contribution < -0.4 is 15.4 Å². The molecule has 4 rings (SSSR count). The Labute approximate surface area is 174 Å². The van der Waals surface area contributed by atoms with Crippen molar-refractivity contribution in [1.82, 2.24) is 15.5 Å². The van der Waals surface area contributed by atoms with Crippen LogP contribution in [-0.4, -0.2) is 51.2 Å². The molecule has 29 heavy (non-hydrogen) atoms. The molecule has 2 aromatic carbocycles. The minimum absolute atomic E-state index is 0.315. The van der Waals surface area contributed by atoms with E-state index in [1.165, 1.54) is 29.5 Å². The van der Waals surface area contributed by atoms with E-state index in [2.05, 4.69) is 63.0 Å². The first-order valence-electron chi connectivity index (χ1n) is 10.7. The summed E-state index contributed by atoms with van der Waals surface area (Å²) < 4.78 is 5.45. The van der Waals surface area contributed by atoms with Gasteiger partial charge in [0.15, 0.2) is 5.96 Å². The van der Waals surface area contributed by atoms with Crippen LogP contribution >= 0.6 is 0 Å². The molecule has 1 aliphatic heterocycles. The van der Waals surface area contributed by atoms with Crippen molar-refractivity contribution >= 4 is 5.96 Å². The van der Waals surface area contributed by atoms with Crippen molar-refractivity contribution in [2.45, 2.75) is 31.2 Å². The summed E-state index contributed by atoms with van der Waals surface area (Å²) in [4.78, 5) is 7.02. The van der Waals surface area contributed by atoms with Crippen LogP contribution in [0.5, 0.6) is 5.75 Å². The maximum atomic E-state index is 5.45. The van der Waals surface area contributed by atoms with E-state index in [1.54, 1.807) is 7.11 Å². The minimum atomic E-state index is 0.315. The number of hydrogen-bond donors (Lipinski definition) is 2. The molecule has 5 nitrogen and oxygen atoms in total. The van der Waals surface area contributed by atoms with Gasteiger partial charge < -0.3 is 15.4 Å². The second-order valence-electron chi connectivity index (χ2n) is 7.97. The first-order chi connectivity index (χ1) is 14.3. The molecule has 1 heterocycles. The van der Waals surface area contributed by atoms with Gasteiger partial charge in [0.25, 0.3) is 0 Å². The highest BCUT2D eigenvalue weighted by Gasteiger charge is 2.26. The van der Waals surface area contributed by atoms with E-state index in [-0.39, 0.29) is 0 Å². The lowest BCUT2D eigenvalue weighted by molar-refractivity contribution is 0.245. The Morgan fingerprint density at radius 3 is 2.72 bits per heavy atom. The minimum Gasteiger partial charge on any atom is -0.497 e.